The first-order valence-electron chi connectivity index (χ1n) is 6.63. The van der Waals surface area contributed by atoms with Crippen molar-refractivity contribution >= 4 is 0 Å². The van der Waals surface area contributed by atoms with Crippen LogP contribution in [0, 0.1) is 0 Å². The molecular weight excluding hydrogens is 218 g/mol. The van der Waals surface area contributed by atoms with Crippen LogP contribution in [0.2, 0.25) is 0 Å². The summed E-state index contributed by atoms with van der Waals surface area (Å²) in [5.74, 6) is 1.12. The van der Waals surface area contributed by atoms with Gasteiger partial charge < -0.3 is 0 Å². The quantitative estimate of drug-likeness (QED) is 0.735. The van der Waals surface area contributed by atoms with Crippen LogP contribution in [0.1, 0.15) is 50.7 Å². The molecule has 0 bridgehead atoms. The molecule has 1 heteroatoms. The Balaban J connectivity index is 2.54. The minimum absolute atomic E-state index is 0.560. The first-order chi connectivity index (χ1) is 8.58. The molecule has 0 radical (unpaired) electrons. The van der Waals surface area contributed by atoms with Gasteiger partial charge in [-0.25, -0.2) is 0 Å². The van der Waals surface area contributed by atoms with Crippen LogP contribution in [0.3, 0.4) is 0 Å². The third-order valence-electron chi connectivity index (χ3n) is 3.32. The van der Waals surface area contributed by atoms with Crippen LogP contribution in [-0.4, -0.2) is 4.98 Å². The lowest BCUT2D eigenvalue weighted by Gasteiger charge is -2.14. The van der Waals surface area contributed by atoms with Crippen molar-refractivity contribution in [2.45, 2.75) is 39.5 Å². The Labute approximate surface area is 110 Å². The van der Waals surface area contributed by atoms with Crippen LogP contribution < -0.4 is 0 Å². The molecule has 1 heterocycles. The summed E-state index contributed by atoms with van der Waals surface area (Å²) < 4.78 is 0. The summed E-state index contributed by atoms with van der Waals surface area (Å²) in [6, 6.07) is 11.1. The van der Waals surface area contributed by atoms with Gasteiger partial charge in [-0.3, -0.25) is 4.98 Å². The Kier molecular flexibility index (Phi) is 3.81. The number of nitrogens with zero attached hydrogens (tertiary/aromatic N) is 1. The fourth-order valence-electron chi connectivity index (χ4n) is 2.05. The van der Waals surface area contributed by atoms with E-state index in [-0.39, 0.29) is 0 Å². The number of pyridine rings is 1. The average molecular weight is 239 g/mol. The van der Waals surface area contributed by atoms with Crippen LogP contribution in [-0.2, 0) is 0 Å². The fourth-order valence-corrected chi connectivity index (χ4v) is 2.05. The van der Waals surface area contributed by atoms with E-state index in [0.717, 1.165) is 0 Å². The first kappa shape index (κ1) is 12.8. The van der Waals surface area contributed by atoms with Gasteiger partial charge in [-0.15, -0.1) is 0 Å². The van der Waals surface area contributed by atoms with Crippen molar-refractivity contribution in [2.75, 3.05) is 0 Å². The van der Waals surface area contributed by atoms with Gasteiger partial charge in [0.15, 0.2) is 0 Å². The van der Waals surface area contributed by atoms with Crippen LogP contribution in [0.4, 0.5) is 0 Å². The second kappa shape index (κ2) is 5.34. The molecule has 0 amide bonds. The molecule has 1 aromatic carbocycles. The lowest BCUT2D eigenvalue weighted by Crippen LogP contribution is -1.95. The topological polar surface area (TPSA) is 12.9 Å². The summed E-state index contributed by atoms with van der Waals surface area (Å²) in [7, 11) is 0. The molecule has 2 rings (SSSR count). The largest absolute Gasteiger partial charge is 0.265 e. The molecule has 0 spiro atoms. The Morgan fingerprint density at radius 3 is 1.67 bits per heavy atom. The van der Waals surface area contributed by atoms with E-state index >= 15 is 0 Å². The molecule has 0 N–H and O–H groups in total. The third-order valence-corrected chi connectivity index (χ3v) is 3.32. The second-order valence-electron chi connectivity index (χ2n) is 5.43. The van der Waals surface area contributed by atoms with Gasteiger partial charge in [0, 0.05) is 12.4 Å². The molecule has 0 aliphatic carbocycles. The van der Waals surface area contributed by atoms with Gasteiger partial charge in [-0.2, -0.15) is 0 Å². The smallest absolute Gasteiger partial charge is 0.0273 e. The van der Waals surface area contributed by atoms with Gasteiger partial charge in [0.25, 0.3) is 0 Å². The maximum absolute atomic E-state index is 4.09. The highest BCUT2D eigenvalue weighted by Gasteiger charge is 2.08. The van der Waals surface area contributed by atoms with E-state index in [0.29, 0.717) is 11.8 Å². The monoisotopic (exact) mass is 239 g/mol. The summed E-state index contributed by atoms with van der Waals surface area (Å²) in [6.45, 7) is 8.98. The zero-order valence-corrected chi connectivity index (χ0v) is 11.6. The molecular formula is C17H21N. The van der Waals surface area contributed by atoms with Crippen LogP contribution in [0.25, 0.3) is 11.1 Å². The molecule has 0 aliphatic heterocycles. The van der Waals surface area contributed by atoms with E-state index in [1.165, 1.54) is 22.3 Å². The predicted molar refractivity (Wildman–Crippen MR) is 77.9 cm³/mol. The number of aromatic nitrogens is 1. The van der Waals surface area contributed by atoms with Crippen molar-refractivity contribution in [3.05, 3.63) is 53.9 Å². The number of hydrogen-bond acceptors (Lipinski definition) is 1. The van der Waals surface area contributed by atoms with Crippen molar-refractivity contribution in [1.29, 1.82) is 0 Å². The molecule has 94 valence electrons. The fraction of sp³-hybridized carbons (Fsp3) is 0.353. The molecule has 0 unspecified atom stereocenters. The highest BCUT2D eigenvalue weighted by atomic mass is 14.6. The molecule has 0 atom stereocenters. The summed E-state index contributed by atoms with van der Waals surface area (Å²) in [6.07, 6.45) is 3.71. The Morgan fingerprint density at radius 2 is 1.22 bits per heavy atom. The van der Waals surface area contributed by atoms with Gasteiger partial charge in [-0.1, -0.05) is 45.9 Å². The first-order valence-corrected chi connectivity index (χ1v) is 6.63. The van der Waals surface area contributed by atoms with Gasteiger partial charge >= 0.3 is 0 Å². The van der Waals surface area contributed by atoms with E-state index in [9.17, 15) is 0 Å². The molecule has 0 saturated heterocycles. The number of hydrogen-bond donors (Lipinski definition) is 0. The maximum atomic E-state index is 4.09. The van der Waals surface area contributed by atoms with E-state index in [4.69, 9.17) is 0 Å². The molecule has 1 nitrogen and oxygen atoms in total. The third kappa shape index (κ3) is 2.79. The van der Waals surface area contributed by atoms with Gasteiger partial charge in [0.05, 0.1) is 0 Å². The standard InChI is InChI=1S/C17H21N/c1-12(2)15-9-16(13(3)4)11-17(10-15)14-5-7-18-8-6-14/h5-13H,1-4H3. The lowest BCUT2D eigenvalue weighted by molar-refractivity contribution is 0.834. The highest BCUT2D eigenvalue weighted by molar-refractivity contribution is 5.65. The van der Waals surface area contributed by atoms with E-state index < -0.39 is 0 Å². The summed E-state index contributed by atoms with van der Waals surface area (Å²) >= 11 is 0. The normalized spacial score (nSPS) is 11.2. The zero-order chi connectivity index (χ0) is 13.1. The molecule has 0 aliphatic rings. The molecule has 1 aromatic heterocycles. The Hall–Kier alpha value is -1.63. The number of benzene rings is 1. The van der Waals surface area contributed by atoms with Crippen LogP contribution >= 0.6 is 0 Å². The molecule has 2 aromatic rings. The van der Waals surface area contributed by atoms with Gasteiger partial charge in [-0.05, 0) is 46.2 Å². The minimum Gasteiger partial charge on any atom is -0.265 e. The molecule has 0 saturated carbocycles. The summed E-state index contributed by atoms with van der Waals surface area (Å²) in [5, 5.41) is 0. The van der Waals surface area contributed by atoms with Crippen LogP contribution in [0.5, 0.6) is 0 Å². The Morgan fingerprint density at radius 1 is 0.722 bits per heavy atom. The van der Waals surface area contributed by atoms with Crippen molar-refractivity contribution in [2.24, 2.45) is 0 Å². The van der Waals surface area contributed by atoms with Crippen molar-refractivity contribution in [3.63, 3.8) is 0 Å². The van der Waals surface area contributed by atoms with E-state index in [1.54, 1.807) is 0 Å². The van der Waals surface area contributed by atoms with E-state index in [1.807, 2.05) is 12.4 Å². The highest BCUT2D eigenvalue weighted by Crippen LogP contribution is 2.28. The lowest BCUT2D eigenvalue weighted by atomic mass is 9.91. The van der Waals surface area contributed by atoms with E-state index in [2.05, 4.69) is 63.0 Å². The molecule has 18 heavy (non-hydrogen) atoms. The zero-order valence-electron chi connectivity index (χ0n) is 11.6. The average Bonchev–Trinajstić information content (AvgIpc) is 2.39. The minimum atomic E-state index is 0.560. The maximum Gasteiger partial charge on any atom is 0.0273 e. The van der Waals surface area contributed by atoms with Crippen LogP contribution in [0.15, 0.2) is 42.7 Å². The Bertz CT molecular complexity index is 486. The predicted octanol–water partition coefficient (Wildman–Crippen LogP) is 5.00. The van der Waals surface area contributed by atoms with Crippen molar-refractivity contribution in [1.82, 2.24) is 4.98 Å². The SMILES string of the molecule is CC(C)c1cc(-c2ccncc2)cc(C(C)C)c1. The van der Waals surface area contributed by atoms with Crippen molar-refractivity contribution < 1.29 is 0 Å². The summed E-state index contributed by atoms with van der Waals surface area (Å²) in [4.78, 5) is 4.09. The van der Waals surface area contributed by atoms with Gasteiger partial charge in [0.2, 0.25) is 0 Å². The second-order valence-corrected chi connectivity index (χ2v) is 5.43. The van der Waals surface area contributed by atoms with Crippen molar-refractivity contribution in [3.8, 4) is 11.1 Å². The summed E-state index contributed by atoms with van der Waals surface area (Å²) in [5.41, 5.74) is 5.36. The molecule has 0 fully saturated rings. The van der Waals surface area contributed by atoms with Gasteiger partial charge in [0.1, 0.15) is 0 Å². The number of rotatable bonds is 3.